The summed E-state index contributed by atoms with van der Waals surface area (Å²) in [5.74, 6) is -1.28. The Bertz CT molecular complexity index is 330. The maximum Gasteiger partial charge on any atom is 0.303 e. The molecule has 102 valence electrons. The normalized spacial score (nSPS) is 16.6. The maximum absolute atomic E-state index is 11.9. The molecule has 0 aromatic carbocycles. The summed E-state index contributed by atoms with van der Waals surface area (Å²) in [5.41, 5.74) is 0. The van der Waals surface area contributed by atoms with Gasteiger partial charge in [-0.1, -0.05) is 6.92 Å². The van der Waals surface area contributed by atoms with Crippen LogP contribution in [0.1, 0.15) is 32.6 Å². The lowest BCUT2D eigenvalue weighted by Gasteiger charge is -2.21. The molecule has 0 atom stereocenters. The second-order valence-corrected chi connectivity index (χ2v) is 4.44. The molecule has 6 nitrogen and oxygen atoms in total. The Labute approximate surface area is 107 Å². The van der Waals surface area contributed by atoms with Gasteiger partial charge in [0.15, 0.2) is 0 Å². The van der Waals surface area contributed by atoms with Gasteiger partial charge in [-0.2, -0.15) is 0 Å². The summed E-state index contributed by atoms with van der Waals surface area (Å²) in [6.45, 7) is 4.02. The number of hydrogen-bond donors (Lipinski definition) is 1. The Hall–Kier alpha value is -1.59. The molecule has 0 radical (unpaired) electrons. The molecule has 0 unspecified atom stereocenters. The largest absolute Gasteiger partial charge is 0.481 e. The van der Waals surface area contributed by atoms with Crippen molar-refractivity contribution >= 4 is 17.8 Å². The van der Waals surface area contributed by atoms with E-state index in [0.717, 1.165) is 19.4 Å². The highest BCUT2D eigenvalue weighted by Gasteiger charge is 2.24. The Morgan fingerprint density at radius 2 is 2.00 bits per heavy atom. The lowest BCUT2D eigenvalue weighted by molar-refractivity contribution is -0.142. The molecule has 1 aliphatic rings. The van der Waals surface area contributed by atoms with Crippen molar-refractivity contribution < 1.29 is 19.5 Å². The van der Waals surface area contributed by atoms with Crippen LogP contribution in [0.3, 0.4) is 0 Å². The van der Waals surface area contributed by atoms with Crippen molar-refractivity contribution in [3.8, 4) is 0 Å². The average molecular weight is 256 g/mol. The van der Waals surface area contributed by atoms with Crippen LogP contribution < -0.4 is 0 Å². The van der Waals surface area contributed by atoms with Crippen molar-refractivity contribution in [1.29, 1.82) is 0 Å². The molecule has 18 heavy (non-hydrogen) atoms. The molecular weight excluding hydrogens is 236 g/mol. The zero-order chi connectivity index (χ0) is 13.5. The minimum Gasteiger partial charge on any atom is -0.481 e. The quantitative estimate of drug-likeness (QED) is 0.768. The van der Waals surface area contributed by atoms with Crippen LogP contribution in [0.25, 0.3) is 0 Å². The summed E-state index contributed by atoms with van der Waals surface area (Å²) < 4.78 is 0. The van der Waals surface area contributed by atoms with Gasteiger partial charge >= 0.3 is 5.97 Å². The number of aliphatic carboxylic acids is 1. The maximum atomic E-state index is 11.9. The number of nitrogens with zero attached hydrogens (tertiary/aromatic N) is 2. The molecule has 1 rings (SSSR count). The fourth-order valence-corrected chi connectivity index (χ4v) is 2.01. The molecule has 1 heterocycles. The first-order chi connectivity index (χ1) is 8.54. The first-order valence-electron chi connectivity index (χ1n) is 6.32. The van der Waals surface area contributed by atoms with E-state index in [4.69, 9.17) is 5.11 Å². The van der Waals surface area contributed by atoms with Crippen molar-refractivity contribution in [2.24, 2.45) is 0 Å². The van der Waals surface area contributed by atoms with Gasteiger partial charge in [0.05, 0.1) is 13.0 Å². The molecule has 2 amide bonds. The molecule has 1 aliphatic heterocycles. The third-order valence-electron chi connectivity index (χ3n) is 2.93. The summed E-state index contributed by atoms with van der Waals surface area (Å²) in [7, 11) is 0. The minimum atomic E-state index is -0.989. The summed E-state index contributed by atoms with van der Waals surface area (Å²) in [4.78, 5) is 37.3. The van der Waals surface area contributed by atoms with E-state index in [2.05, 4.69) is 0 Å². The number of carbonyl (C=O) groups excluding carboxylic acids is 2. The van der Waals surface area contributed by atoms with Crippen molar-refractivity contribution in [3.63, 3.8) is 0 Å². The van der Waals surface area contributed by atoms with E-state index in [1.165, 1.54) is 4.90 Å². The summed E-state index contributed by atoms with van der Waals surface area (Å²) >= 11 is 0. The van der Waals surface area contributed by atoms with Gasteiger partial charge in [0, 0.05) is 26.1 Å². The Morgan fingerprint density at radius 1 is 1.28 bits per heavy atom. The van der Waals surface area contributed by atoms with Gasteiger partial charge in [-0.05, 0) is 12.8 Å². The van der Waals surface area contributed by atoms with Crippen molar-refractivity contribution in [2.75, 3.05) is 26.2 Å². The van der Waals surface area contributed by atoms with E-state index in [0.29, 0.717) is 13.1 Å². The van der Waals surface area contributed by atoms with Crippen LogP contribution in [0, 0.1) is 0 Å². The molecule has 0 spiro atoms. The third kappa shape index (κ3) is 4.35. The minimum absolute atomic E-state index is 0.0314. The fourth-order valence-electron chi connectivity index (χ4n) is 2.01. The van der Waals surface area contributed by atoms with Crippen LogP contribution in [0.5, 0.6) is 0 Å². The van der Waals surface area contributed by atoms with Gasteiger partial charge in [0.2, 0.25) is 11.8 Å². The van der Waals surface area contributed by atoms with E-state index in [1.54, 1.807) is 4.90 Å². The van der Waals surface area contributed by atoms with Crippen molar-refractivity contribution in [1.82, 2.24) is 9.80 Å². The van der Waals surface area contributed by atoms with Gasteiger partial charge < -0.3 is 14.9 Å². The summed E-state index contributed by atoms with van der Waals surface area (Å²) in [5, 5.41) is 8.53. The molecule has 1 N–H and O–H groups in total. The summed E-state index contributed by atoms with van der Waals surface area (Å²) in [6, 6.07) is 0. The number of rotatable bonds is 5. The van der Waals surface area contributed by atoms with Crippen LogP contribution in [-0.2, 0) is 14.4 Å². The number of carboxylic acid groups (broad SMARTS) is 1. The van der Waals surface area contributed by atoms with Crippen LogP contribution in [0.2, 0.25) is 0 Å². The van der Waals surface area contributed by atoms with Crippen LogP contribution in [-0.4, -0.2) is 58.9 Å². The molecule has 1 fully saturated rings. The number of amides is 2. The highest BCUT2D eigenvalue weighted by Crippen LogP contribution is 2.07. The standard InChI is InChI=1S/C12H20N2O4/c1-2-6-13-7-3-8-14(9-11(13)16)10(15)4-5-12(17)18/h2-9H2,1H3,(H,17,18). The van der Waals surface area contributed by atoms with E-state index < -0.39 is 5.97 Å². The first-order valence-corrected chi connectivity index (χ1v) is 6.32. The monoisotopic (exact) mass is 256 g/mol. The Balaban J connectivity index is 2.50. The summed E-state index contributed by atoms with van der Waals surface area (Å²) in [6.07, 6.45) is 1.45. The van der Waals surface area contributed by atoms with Crippen LogP contribution in [0.4, 0.5) is 0 Å². The van der Waals surface area contributed by atoms with Gasteiger partial charge in [-0.25, -0.2) is 0 Å². The fraction of sp³-hybridized carbons (Fsp3) is 0.750. The van der Waals surface area contributed by atoms with Crippen LogP contribution in [0.15, 0.2) is 0 Å². The molecular formula is C12H20N2O4. The van der Waals surface area contributed by atoms with E-state index in [1.807, 2.05) is 6.92 Å². The average Bonchev–Trinajstić information content (AvgIpc) is 2.50. The zero-order valence-electron chi connectivity index (χ0n) is 10.7. The molecule has 0 saturated carbocycles. The predicted octanol–water partition coefficient (Wildman–Crippen LogP) is 0.322. The van der Waals surface area contributed by atoms with Gasteiger partial charge in [-0.15, -0.1) is 0 Å². The highest BCUT2D eigenvalue weighted by molar-refractivity contribution is 5.86. The zero-order valence-corrected chi connectivity index (χ0v) is 10.7. The SMILES string of the molecule is CCCN1CCCN(C(=O)CCC(=O)O)CC1=O. The first kappa shape index (κ1) is 14.5. The van der Waals surface area contributed by atoms with Crippen LogP contribution >= 0.6 is 0 Å². The smallest absolute Gasteiger partial charge is 0.303 e. The second-order valence-electron chi connectivity index (χ2n) is 4.44. The topological polar surface area (TPSA) is 77.9 Å². The lowest BCUT2D eigenvalue weighted by Crippen LogP contribution is -2.39. The van der Waals surface area contributed by atoms with Crippen molar-refractivity contribution in [3.05, 3.63) is 0 Å². The van der Waals surface area contributed by atoms with E-state index >= 15 is 0 Å². The lowest BCUT2D eigenvalue weighted by atomic mass is 10.2. The van der Waals surface area contributed by atoms with Crippen molar-refractivity contribution in [2.45, 2.75) is 32.6 Å². The third-order valence-corrected chi connectivity index (χ3v) is 2.93. The van der Waals surface area contributed by atoms with Gasteiger partial charge in [-0.3, -0.25) is 14.4 Å². The second kappa shape index (κ2) is 6.98. The number of carbonyl (C=O) groups is 3. The molecule has 0 aromatic heterocycles. The number of hydrogen-bond acceptors (Lipinski definition) is 3. The molecule has 0 aromatic rings. The molecule has 1 saturated heterocycles. The predicted molar refractivity (Wildman–Crippen MR) is 64.9 cm³/mol. The van der Waals surface area contributed by atoms with Gasteiger partial charge in [0.1, 0.15) is 0 Å². The highest BCUT2D eigenvalue weighted by atomic mass is 16.4. The number of carboxylic acids is 1. The molecule has 0 aliphatic carbocycles. The Morgan fingerprint density at radius 3 is 2.61 bits per heavy atom. The molecule has 6 heteroatoms. The van der Waals surface area contributed by atoms with Gasteiger partial charge in [0.25, 0.3) is 0 Å². The van der Waals surface area contributed by atoms with E-state index in [9.17, 15) is 14.4 Å². The van der Waals surface area contributed by atoms with E-state index in [-0.39, 0.29) is 31.2 Å². The molecule has 0 bridgehead atoms. The Kier molecular flexibility index (Phi) is 5.61.